The van der Waals surface area contributed by atoms with Gasteiger partial charge in [-0.3, -0.25) is 29.4 Å². The fraction of sp³-hybridized carbons (Fsp3) is 0.630. The van der Waals surface area contributed by atoms with Gasteiger partial charge in [-0.05, 0) is 74.5 Å². The third-order valence-corrected chi connectivity index (χ3v) is 8.55. The summed E-state index contributed by atoms with van der Waals surface area (Å²) in [5.74, 6) is -0.736. The fourth-order valence-electron chi connectivity index (χ4n) is 6.34. The minimum Gasteiger partial charge on any atom is -0.385 e. The summed E-state index contributed by atoms with van der Waals surface area (Å²) in [5, 5.41) is 13.7. The zero-order valence-corrected chi connectivity index (χ0v) is 20.8. The first-order valence-electron chi connectivity index (χ1n) is 13.1. The summed E-state index contributed by atoms with van der Waals surface area (Å²) < 4.78 is 5.31. The summed E-state index contributed by atoms with van der Waals surface area (Å²) in [6, 6.07) is 3.94. The Labute approximate surface area is 211 Å². The number of likely N-dealkylation sites (tertiary alicyclic amines) is 1. The van der Waals surface area contributed by atoms with E-state index in [1.165, 1.54) is 25.7 Å². The number of carbonyl (C=O) groups is 4. The second-order valence-electron chi connectivity index (χ2n) is 10.9. The summed E-state index contributed by atoms with van der Waals surface area (Å²) in [7, 11) is 1.77. The molecule has 3 fully saturated rings. The number of rotatable bonds is 6. The standard InChI is InChI=1S/C27H35N3O6/c1-36-16-18-4-2-17(3-5-18)15-29-12-10-27(35,11-13-29)19-6-7-20-21(14-19)26(34)30(25(20)33)22-8-9-23(31)28-24(22)32/h6-7,14,17-18,22,35H,2-5,8-13,15-16H2,1H3,(H,28,31,32)/t17-,18-,22?. The van der Waals surface area contributed by atoms with Crippen LogP contribution in [0, 0.1) is 11.8 Å². The van der Waals surface area contributed by atoms with E-state index in [4.69, 9.17) is 4.74 Å². The van der Waals surface area contributed by atoms with Crippen molar-refractivity contribution >= 4 is 23.6 Å². The molecule has 3 aliphatic heterocycles. The Morgan fingerprint density at radius 1 is 0.972 bits per heavy atom. The first-order valence-corrected chi connectivity index (χ1v) is 13.1. The van der Waals surface area contributed by atoms with Crippen molar-refractivity contribution in [3.05, 3.63) is 34.9 Å². The molecule has 0 bridgehead atoms. The molecule has 9 nitrogen and oxygen atoms in total. The second-order valence-corrected chi connectivity index (χ2v) is 10.9. The van der Waals surface area contributed by atoms with E-state index in [1.807, 2.05) is 0 Å². The summed E-state index contributed by atoms with van der Waals surface area (Å²) in [5.41, 5.74) is 0.0178. The van der Waals surface area contributed by atoms with E-state index in [0.29, 0.717) is 30.2 Å². The molecule has 9 heteroatoms. The molecule has 0 spiro atoms. The van der Waals surface area contributed by atoms with Gasteiger partial charge in [-0.15, -0.1) is 0 Å². The van der Waals surface area contributed by atoms with Gasteiger partial charge in [0.15, 0.2) is 0 Å². The van der Waals surface area contributed by atoms with E-state index < -0.39 is 35.3 Å². The Balaban J connectivity index is 1.22. The number of aliphatic hydroxyl groups is 1. The van der Waals surface area contributed by atoms with Crippen LogP contribution in [0.5, 0.6) is 0 Å². The highest BCUT2D eigenvalue weighted by molar-refractivity contribution is 6.23. The normalized spacial score (nSPS) is 28.8. The van der Waals surface area contributed by atoms with Gasteiger partial charge in [0.25, 0.3) is 11.8 Å². The minimum atomic E-state index is -1.06. The molecule has 3 heterocycles. The van der Waals surface area contributed by atoms with E-state index in [9.17, 15) is 24.3 Å². The van der Waals surface area contributed by atoms with E-state index in [1.54, 1.807) is 25.3 Å². The number of nitrogens with one attached hydrogen (secondary N) is 1. The Kier molecular flexibility index (Phi) is 6.98. The molecule has 1 saturated carbocycles. The Morgan fingerprint density at radius 2 is 1.64 bits per heavy atom. The summed E-state index contributed by atoms with van der Waals surface area (Å²) >= 11 is 0. The Bertz CT molecular complexity index is 1060. The van der Waals surface area contributed by atoms with Crippen LogP contribution in [-0.4, -0.2) is 77.9 Å². The van der Waals surface area contributed by atoms with Crippen LogP contribution in [0.15, 0.2) is 18.2 Å². The van der Waals surface area contributed by atoms with E-state index in [0.717, 1.165) is 31.1 Å². The van der Waals surface area contributed by atoms with Crippen LogP contribution >= 0.6 is 0 Å². The summed E-state index contributed by atoms with van der Waals surface area (Å²) in [4.78, 5) is 53.3. The van der Waals surface area contributed by atoms with Gasteiger partial charge in [0.05, 0.1) is 16.7 Å². The van der Waals surface area contributed by atoms with Gasteiger partial charge in [0.1, 0.15) is 6.04 Å². The second kappa shape index (κ2) is 10.0. The lowest BCUT2D eigenvalue weighted by atomic mass is 9.80. The van der Waals surface area contributed by atoms with Gasteiger partial charge in [-0.25, -0.2) is 0 Å². The van der Waals surface area contributed by atoms with Crippen molar-refractivity contribution in [1.29, 1.82) is 0 Å². The van der Waals surface area contributed by atoms with Crippen molar-refractivity contribution in [2.45, 2.75) is 63.0 Å². The fourth-order valence-corrected chi connectivity index (χ4v) is 6.34. The van der Waals surface area contributed by atoms with E-state index >= 15 is 0 Å². The third-order valence-electron chi connectivity index (χ3n) is 8.55. The van der Waals surface area contributed by atoms with Crippen LogP contribution in [0.1, 0.15) is 77.6 Å². The van der Waals surface area contributed by atoms with Crippen molar-refractivity contribution < 1.29 is 29.0 Å². The average molecular weight is 498 g/mol. The molecule has 2 saturated heterocycles. The van der Waals surface area contributed by atoms with Gasteiger partial charge in [-0.1, -0.05) is 6.07 Å². The lowest BCUT2D eigenvalue weighted by Crippen LogP contribution is -2.54. The molecule has 0 radical (unpaired) electrons. The molecule has 4 amide bonds. The Morgan fingerprint density at radius 3 is 2.31 bits per heavy atom. The van der Waals surface area contributed by atoms with Gasteiger partial charge in [0, 0.05) is 39.8 Å². The number of benzene rings is 1. The van der Waals surface area contributed by atoms with Gasteiger partial charge < -0.3 is 14.7 Å². The maximum atomic E-state index is 13.2. The predicted octanol–water partition coefficient (Wildman–Crippen LogP) is 1.82. The molecule has 194 valence electrons. The zero-order chi connectivity index (χ0) is 25.4. The van der Waals surface area contributed by atoms with Crippen LogP contribution in [0.3, 0.4) is 0 Å². The summed E-state index contributed by atoms with van der Waals surface area (Å²) in [6.45, 7) is 3.46. The van der Waals surface area contributed by atoms with Crippen LogP contribution in [0.25, 0.3) is 0 Å². The number of hydrogen-bond acceptors (Lipinski definition) is 7. The maximum Gasteiger partial charge on any atom is 0.262 e. The molecular weight excluding hydrogens is 462 g/mol. The molecule has 1 aromatic carbocycles. The largest absolute Gasteiger partial charge is 0.385 e. The first kappa shape index (κ1) is 25.0. The third kappa shape index (κ3) is 4.71. The van der Waals surface area contributed by atoms with Crippen LogP contribution in [-0.2, 0) is 19.9 Å². The van der Waals surface area contributed by atoms with Crippen LogP contribution in [0.4, 0.5) is 0 Å². The van der Waals surface area contributed by atoms with Crippen molar-refractivity contribution in [2.75, 3.05) is 33.4 Å². The number of imide groups is 2. The number of hydrogen-bond donors (Lipinski definition) is 2. The Hall–Kier alpha value is -2.62. The van der Waals surface area contributed by atoms with Crippen molar-refractivity contribution in [1.82, 2.24) is 15.1 Å². The monoisotopic (exact) mass is 497 g/mol. The van der Waals surface area contributed by atoms with Crippen molar-refractivity contribution in [2.24, 2.45) is 11.8 Å². The maximum absolute atomic E-state index is 13.2. The van der Waals surface area contributed by atoms with Gasteiger partial charge in [-0.2, -0.15) is 0 Å². The highest BCUT2D eigenvalue weighted by Gasteiger charge is 2.45. The van der Waals surface area contributed by atoms with Crippen molar-refractivity contribution in [3.63, 3.8) is 0 Å². The number of methoxy groups -OCH3 is 1. The lowest BCUT2D eigenvalue weighted by molar-refractivity contribution is -0.136. The average Bonchev–Trinajstić information content (AvgIpc) is 3.11. The molecule has 1 aromatic rings. The predicted molar refractivity (Wildman–Crippen MR) is 130 cm³/mol. The smallest absolute Gasteiger partial charge is 0.262 e. The molecule has 5 rings (SSSR count). The highest BCUT2D eigenvalue weighted by Crippen LogP contribution is 2.37. The molecule has 1 unspecified atom stereocenters. The van der Waals surface area contributed by atoms with Crippen molar-refractivity contribution in [3.8, 4) is 0 Å². The van der Waals surface area contributed by atoms with Crippen LogP contribution in [0.2, 0.25) is 0 Å². The highest BCUT2D eigenvalue weighted by atomic mass is 16.5. The quantitative estimate of drug-likeness (QED) is 0.576. The molecule has 1 aliphatic carbocycles. The molecular formula is C27H35N3O6. The number of carbonyl (C=O) groups excluding carboxylic acids is 4. The topological polar surface area (TPSA) is 116 Å². The number of amides is 4. The molecule has 0 aromatic heterocycles. The summed E-state index contributed by atoms with van der Waals surface area (Å²) in [6.07, 6.45) is 6.20. The van der Waals surface area contributed by atoms with Gasteiger partial charge in [0.2, 0.25) is 11.8 Å². The molecule has 2 N–H and O–H groups in total. The minimum absolute atomic E-state index is 0.0832. The van der Waals surface area contributed by atoms with Gasteiger partial charge >= 0.3 is 0 Å². The van der Waals surface area contributed by atoms with E-state index in [2.05, 4.69) is 10.2 Å². The SMILES string of the molecule is COC[C@H]1CC[C@H](CN2CCC(O)(c3ccc4c(c3)C(=O)N(C3CCC(=O)NC3=O)C4=O)CC2)CC1. The molecule has 1 atom stereocenters. The number of ether oxygens (including phenoxy) is 1. The van der Waals surface area contributed by atoms with E-state index in [-0.39, 0.29) is 24.0 Å². The zero-order valence-electron chi connectivity index (χ0n) is 20.8. The number of nitrogens with zero attached hydrogens (tertiary/aromatic N) is 2. The first-order chi connectivity index (χ1) is 17.3. The molecule has 4 aliphatic rings. The number of piperidine rings is 2. The van der Waals surface area contributed by atoms with Crippen LogP contribution < -0.4 is 5.32 Å². The lowest BCUT2D eigenvalue weighted by Gasteiger charge is -2.40. The molecule has 36 heavy (non-hydrogen) atoms. The number of fused-ring (bicyclic) bond motifs is 1.